The Labute approximate surface area is 109 Å². The highest BCUT2D eigenvalue weighted by Crippen LogP contribution is 2.21. The van der Waals surface area contributed by atoms with Gasteiger partial charge in [-0.15, -0.1) is 0 Å². The number of hydrogen-bond acceptors (Lipinski definition) is 2. The van der Waals surface area contributed by atoms with Gasteiger partial charge in [-0.1, -0.05) is 11.6 Å². The predicted octanol–water partition coefficient (Wildman–Crippen LogP) is 3.72. The first-order chi connectivity index (χ1) is 8.49. The van der Waals surface area contributed by atoms with Gasteiger partial charge in [0.15, 0.2) is 5.78 Å². The minimum Gasteiger partial charge on any atom is -0.288 e. The van der Waals surface area contributed by atoms with Gasteiger partial charge in [0.25, 0.3) is 0 Å². The van der Waals surface area contributed by atoms with Crippen LogP contribution in [0.15, 0.2) is 30.3 Å². The summed E-state index contributed by atoms with van der Waals surface area (Å²) < 4.78 is 13.2. The van der Waals surface area contributed by atoms with Crippen LogP contribution in [0, 0.1) is 19.7 Å². The summed E-state index contributed by atoms with van der Waals surface area (Å²) in [5, 5.41) is 0.237. The molecule has 0 radical (unpaired) electrons. The number of benzene rings is 1. The molecule has 2 rings (SSSR count). The molecule has 0 saturated heterocycles. The van der Waals surface area contributed by atoms with Gasteiger partial charge in [0.05, 0.1) is 5.02 Å². The molecular formula is C14H11ClFNO. The number of nitrogens with zero attached hydrogens (tertiary/aromatic N) is 1. The summed E-state index contributed by atoms with van der Waals surface area (Å²) in [6.07, 6.45) is 0. The van der Waals surface area contributed by atoms with Gasteiger partial charge in [-0.3, -0.25) is 9.78 Å². The van der Waals surface area contributed by atoms with Crippen molar-refractivity contribution in [3.05, 3.63) is 63.7 Å². The molecule has 0 unspecified atom stereocenters. The SMILES string of the molecule is Cc1ccc(C(=O)c2cc(F)ccc2Cl)c(C)n1. The molecule has 2 aromatic rings. The maximum atomic E-state index is 13.2. The Hall–Kier alpha value is -1.74. The zero-order valence-electron chi connectivity index (χ0n) is 10.00. The molecule has 0 atom stereocenters. The van der Waals surface area contributed by atoms with E-state index in [2.05, 4.69) is 4.98 Å². The molecule has 0 aliphatic rings. The van der Waals surface area contributed by atoms with E-state index in [9.17, 15) is 9.18 Å². The van der Waals surface area contributed by atoms with E-state index in [1.165, 1.54) is 12.1 Å². The number of carbonyl (C=O) groups excluding carboxylic acids is 1. The van der Waals surface area contributed by atoms with E-state index in [1.54, 1.807) is 19.1 Å². The molecule has 0 saturated carbocycles. The number of rotatable bonds is 2. The molecular weight excluding hydrogens is 253 g/mol. The average molecular weight is 264 g/mol. The molecule has 1 aromatic heterocycles. The quantitative estimate of drug-likeness (QED) is 0.773. The van der Waals surface area contributed by atoms with Crippen LogP contribution in [-0.2, 0) is 0 Å². The Morgan fingerprint density at radius 3 is 2.56 bits per heavy atom. The smallest absolute Gasteiger partial charge is 0.196 e. The fraction of sp³-hybridized carbons (Fsp3) is 0.143. The van der Waals surface area contributed by atoms with Crippen LogP contribution in [0.4, 0.5) is 4.39 Å². The Bertz CT molecular complexity index is 625. The van der Waals surface area contributed by atoms with E-state index < -0.39 is 5.82 Å². The van der Waals surface area contributed by atoms with Gasteiger partial charge in [0.1, 0.15) is 5.82 Å². The molecule has 0 amide bonds. The summed E-state index contributed by atoms with van der Waals surface area (Å²) in [6, 6.07) is 7.17. The Kier molecular flexibility index (Phi) is 3.43. The molecule has 18 heavy (non-hydrogen) atoms. The maximum absolute atomic E-state index is 13.2. The lowest BCUT2D eigenvalue weighted by atomic mass is 10.0. The standard InChI is InChI=1S/C14H11ClFNO/c1-8-3-5-11(9(2)17-8)14(18)12-7-10(16)4-6-13(12)15/h3-7H,1-2H3. The second kappa shape index (κ2) is 4.86. The van der Waals surface area contributed by atoms with E-state index in [4.69, 9.17) is 11.6 Å². The van der Waals surface area contributed by atoms with Crippen molar-refractivity contribution < 1.29 is 9.18 Å². The van der Waals surface area contributed by atoms with Crippen molar-refractivity contribution in [1.29, 1.82) is 0 Å². The molecule has 0 bridgehead atoms. The van der Waals surface area contributed by atoms with Crippen LogP contribution in [0.25, 0.3) is 0 Å². The topological polar surface area (TPSA) is 30.0 Å². The van der Waals surface area contributed by atoms with Crippen molar-refractivity contribution in [2.45, 2.75) is 13.8 Å². The zero-order valence-corrected chi connectivity index (χ0v) is 10.8. The highest BCUT2D eigenvalue weighted by molar-refractivity contribution is 6.35. The number of halogens is 2. The number of aryl methyl sites for hydroxylation is 2. The highest BCUT2D eigenvalue weighted by atomic mass is 35.5. The summed E-state index contributed by atoms with van der Waals surface area (Å²) in [6.45, 7) is 3.59. The zero-order chi connectivity index (χ0) is 13.3. The van der Waals surface area contributed by atoms with Crippen molar-refractivity contribution in [2.75, 3.05) is 0 Å². The first-order valence-electron chi connectivity index (χ1n) is 5.43. The predicted molar refractivity (Wildman–Crippen MR) is 68.6 cm³/mol. The van der Waals surface area contributed by atoms with Gasteiger partial charge >= 0.3 is 0 Å². The average Bonchev–Trinajstić information content (AvgIpc) is 2.31. The van der Waals surface area contributed by atoms with Crippen LogP contribution in [0.5, 0.6) is 0 Å². The second-order valence-corrected chi connectivity index (χ2v) is 4.45. The second-order valence-electron chi connectivity index (χ2n) is 4.04. The van der Waals surface area contributed by atoms with Crippen LogP contribution in [0.2, 0.25) is 5.02 Å². The molecule has 4 heteroatoms. The Balaban J connectivity index is 2.51. The van der Waals surface area contributed by atoms with Gasteiger partial charge in [-0.2, -0.15) is 0 Å². The van der Waals surface area contributed by atoms with Crippen molar-refractivity contribution in [1.82, 2.24) is 4.98 Å². The fourth-order valence-electron chi connectivity index (χ4n) is 1.74. The minimum atomic E-state index is -0.486. The monoisotopic (exact) mass is 263 g/mol. The van der Waals surface area contributed by atoms with Crippen LogP contribution in [0.1, 0.15) is 27.3 Å². The Morgan fingerprint density at radius 1 is 1.17 bits per heavy atom. The van der Waals surface area contributed by atoms with E-state index in [0.717, 1.165) is 11.8 Å². The lowest BCUT2D eigenvalue weighted by Crippen LogP contribution is -2.06. The van der Waals surface area contributed by atoms with Crippen molar-refractivity contribution >= 4 is 17.4 Å². The lowest BCUT2D eigenvalue weighted by molar-refractivity contribution is 0.103. The molecule has 0 fully saturated rings. The van der Waals surface area contributed by atoms with E-state index in [1.807, 2.05) is 6.92 Å². The normalized spacial score (nSPS) is 10.4. The van der Waals surface area contributed by atoms with Gasteiger partial charge in [0, 0.05) is 22.5 Å². The maximum Gasteiger partial charge on any atom is 0.196 e. The summed E-state index contributed by atoms with van der Waals surface area (Å²) in [5.41, 5.74) is 2.04. The van der Waals surface area contributed by atoms with Gasteiger partial charge in [-0.25, -0.2) is 4.39 Å². The van der Waals surface area contributed by atoms with E-state index in [-0.39, 0.29) is 16.4 Å². The number of hydrogen-bond donors (Lipinski definition) is 0. The third-order valence-electron chi connectivity index (χ3n) is 2.64. The highest BCUT2D eigenvalue weighted by Gasteiger charge is 2.16. The van der Waals surface area contributed by atoms with Crippen molar-refractivity contribution in [3.8, 4) is 0 Å². The third-order valence-corrected chi connectivity index (χ3v) is 2.97. The van der Waals surface area contributed by atoms with Gasteiger partial charge in [0.2, 0.25) is 0 Å². The summed E-state index contributed by atoms with van der Waals surface area (Å²) in [5.74, 6) is -0.801. The Morgan fingerprint density at radius 2 is 1.89 bits per heavy atom. The molecule has 92 valence electrons. The van der Waals surface area contributed by atoms with E-state index >= 15 is 0 Å². The van der Waals surface area contributed by atoms with Gasteiger partial charge < -0.3 is 0 Å². The summed E-state index contributed by atoms with van der Waals surface area (Å²) in [4.78, 5) is 16.5. The molecule has 1 heterocycles. The molecule has 1 aromatic carbocycles. The van der Waals surface area contributed by atoms with Crippen LogP contribution >= 0.6 is 11.6 Å². The number of aromatic nitrogens is 1. The minimum absolute atomic E-state index is 0.158. The molecule has 0 aliphatic carbocycles. The molecule has 0 N–H and O–H groups in total. The third kappa shape index (κ3) is 2.41. The van der Waals surface area contributed by atoms with Crippen molar-refractivity contribution in [3.63, 3.8) is 0 Å². The molecule has 0 spiro atoms. The van der Waals surface area contributed by atoms with E-state index in [0.29, 0.717) is 11.3 Å². The lowest BCUT2D eigenvalue weighted by Gasteiger charge is -2.07. The largest absolute Gasteiger partial charge is 0.288 e. The van der Waals surface area contributed by atoms with Crippen LogP contribution < -0.4 is 0 Å². The van der Waals surface area contributed by atoms with Gasteiger partial charge in [-0.05, 0) is 44.2 Å². The first kappa shape index (κ1) is 12.7. The van der Waals surface area contributed by atoms with Crippen molar-refractivity contribution in [2.24, 2.45) is 0 Å². The van der Waals surface area contributed by atoms with Crippen LogP contribution in [-0.4, -0.2) is 10.8 Å². The summed E-state index contributed by atoms with van der Waals surface area (Å²) in [7, 11) is 0. The van der Waals surface area contributed by atoms with Crippen LogP contribution in [0.3, 0.4) is 0 Å². The summed E-state index contributed by atoms with van der Waals surface area (Å²) >= 11 is 5.92. The first-order valence-corrected chi connectivity index (χ1v) is 5.81. The number of ketones is 1. The molecule has 2 nitrogen and oxygen atoms in total. The number of carbonyl (C=O) groups is 1. The molecule has 0 aliphatic heterocycles. The number of pyridine rings is 1. The fourth-order valence-corrected chi connectivity index (χ4v) is 1.95.